The number of unbranched alkanes of at least 4 members (excludes halogenated alkanes) is 11. The van der Waals surface area contributed by atoms with Gasteiger partial charge < -0.3 is 24.6 Å². The highest BCUT2D eigenvalue weighted by molar-refractivity contribution is 5.70. The van der Waals surface area contributed by atoms with Gasteiger partial charge in [0, 0.05) is 5.92 Å². The van der Waals surface area contributed by atoms with E-state index in [2.05, 4.69) is 19.1 Å². The van der Waals surface area contributed by atoms with Crippen LogP contribution in [0.3, 0.4) is 0 Å². The van der Waals surface area contributed by atoms with Crippen LogP contribution < -0.4 is 5.11 Å². The quantitative estimate of drug-likeness (QED) is 0.0686. The van der Waals surface area contributed by atoms with Crippen molar-refractivity contribution in [3.63, 3.8) is 0 Å². The van der Waals surface area contributed by atoms with Crippen molar-refractivity contribution in [1.82, 2.24) is 0 Å². The van der Waals surface area contributed by atoms with Crippen molar-refractivity contribution in [3.05, 3.63) is 12.2 Å². The van der Waals surface area contributed by atoms with Crippen LogP contribution in [-0.2, 0) is 14.4 Å². The predicted molar refractivity (Wildman–Crippen MR) is 156 cm³/mol. The molecule has 0 saturated heterocycles. The second-order valence-electron chi connectivity index (χ2n) is 11.5. The molecule has 2 N–H and O–H groups in total. The Morgan fingerprint density at radius 1 is 0.615 bits per heavy atom. The molecular weight excluding hydrogens is 494 g/mol. The molecule has 0 aromatic rings. The van der Waals surface area contributed by atoms with Gasteiger partial charge in [-0.15, -0.1) is 0 Å². The minimum Gasteiger partial charge on any atom is -0.550 e. The van der Waals surface area contributed by atoms with E-state index in [0.717, 1.165) is 25.7 Å². The van der Waals surface area contributed by atoms with E-state index >= 15 is 0 Å². The first-order valence-electron chi connectivity index (χ1n) is 15.8. The Morgan fingerprint density at radius 2 is 1.00 bits per heavy atom. The Hall–Kier alpha value is -1.89. The number of allylic oxidation sites excluding steroid dienone is 2. The molecule has 0 rings (SSSR count). The van der Waals surface area contributed by atoms with Gasteiger partial charge in [-0.05, 0) is 51.4 Å². The number of hydrogen-bond acceptors (Lipinski definition) is 4. The van der Waals surface area contributed by atoms with Crippen molar-refractivity contribution in [2.75, 3.05) is 26.2 Å². The van der Waals surface area contributed by atoms with Crippen LogP contribution in [0.1, 0.15) is 130 Å². The second kappa shape index (κ2) is 22.9. The van der Waals surface area contributed by atoms with Crippen LogP contribution in [0, 0.1) is 17.8 Å². The van der Waals surface area contributed by atoms with Crippen LogP contribution in [0.2, 0.25) is 0 Å². The van der Waals surface area contributed by atoms with Crippen LogP contribution in [0.25, 0.3) is 0 Å². The van der Waals surface area contributed by atoms with Crippen molar-refractivity contribution < 1.29 is 34.2 Å². The molecule has 7 nitrogen and oxygen atoms in total. The Balaban J connectivity index is 4.93. The molecule has 7 heteroatoms. The van der Waals surface area contributed by atoms with Crippen LogP contribution in [0.4, 0.5) is 0 Å². The van der Waals surface area contributed by atoms with Crippen molar-refractivity contribution in [3.8, 4) is 0 Å². The molecular formula is C32H59NO6. The largest absolute Gasteiger partial charge is 0.550 e. The minimum atomic E-state index is -1.14. The second-order valence-corrected chi connectivity index (χ2v) is 11.5. The summed E-state index contributed by atoms with van der Waals surface area (Å²) in [7, 11) is 0. The van der Waals surface area contributed by atoms with Crippen LogP contribution in [-0.4, -0.2) is 58.8 Å². The van der Waals surface area contributed by atoms with E-state index < -0.39 is 35.7 Å². The van der Waals surface area contributed by atoms with Gasteiger partial charge in [-0.1, -0.05) is 91.2 Å². The maximum atomic E-state index is 11.9. The summed E-state index contributed by atoms with van der Waals surface area (Å²) in [4.78, 5) is 35.7. The number of hydrogen-bond donors (Lipinski definition) is 2. The fraction of sp³-hybridized carbons (Fsp3) is 0.844. The van der Waals surface area contributed by atoms with E-state index in [1.54, 1.807) is 6.92 Å². The first-order valence-corrected chi connectivity index (χ1v) is 15.8. The first kappa shape index (κ1) is 37.1. The lowest BCUT2D eigenvalue weighted by atomic mass is 9.95. The summed E-state index contributed by atoms with van der Waals surface area (Å²) >= 11 is 0. The van der Waals surface area contributed by atoms with Crippen molar-refractivity contribution in [2.24, 2.45) is 17.8 Å². The lowest BCUT2D eigenvalue weighted by Crippen LogP contribution is -2.59. The van der Waals surface area contributed by atoms with Crippen LogP contribution in [0.15, 0.2) is 12.2 Å². The monoisotopic (exact) mass is 553 g/mol. The lowest BCUT2D eigenvalue weighted by molar-refractivity contribution is -0.935. The summed E-state index contributed by atoms with van der Waals surface area (Å²) in [6.07, 6.45) is 21.1. The predicted octanol–water partition coefficient (Wildman–Crippen LogP) is 6.45. The summed E-state index contributed by atoms with van der Waals surface area (Å²) in [5, 5.41) is 31.4. The van der Waals surface area contributed by atoms with Crippen molar-refractivity contribution in [2.45, 2.75) is 130 Å². The van der Waals surface area contributed by atoms with Gasteiger partial charge in [0.2, 0.25) is 0 Å². The van der Waals surface area contributed by atoms with Gasteiger partial charge in [0.05, 0.1) is 32.1 Å². The zero-order chi connectivity index (χ0) is 29.5. The highest BCUT2D eigenvalue weighted by Gasteiger charge is 2.39. The van der Waals surface area contributed by atoms with Gasteiger partial charge >= 0.3 is 11.9 Å². The third-order valence-electron chi connectivity index (χ3n) is 8.21. The Bertz CT molecular complexity index is 632. The Morgan fingerprint density at radius 3 is 1.38 bits per heavy atom. The molecule has 0 radical (unpaired) electrons. The molecule has 0 aliphatic rings. The fourth-order valence-corrected chi connectivity index (χ4v) is 5.56. The summed E-state index contributed by atoms with van der Waals surface area (Å²) in [5.41, 5.74) is 0. The molecule has 39 heavy (non-hydrogen) atoms. The maximum Gasteiger partial charge on any atom is 0.312 e. The van der Waals surface area contributed by atoms with Gasteiger partial charge in [0.25, 0.3) is 0 Å². The summed E-state index contributed by atoms with van der Waals surface area (Å²) < 4.78 is 0.218. The summed E-state index contributed by atoms with van der Waals surface area (Å²) in [6, 6.07) is 0. The van der Waals surface area contributed by atoms with Gasteiger partial charge in [-0.3, -0.25) is 9.59 Å². The van der Waals surface area contributed by atoms with E-state index in [4.69, 9.17) is 0 Å². The average molecular weight is 554 g/mol. The van der Waals surface area contributed by atoms with E-state index in [1.807, 2.05) is 13.8 Å². The molecule has 228 valence electrons. The lowest BCUT2D eigenvalue weighted by Gasteiger charge is -2.44. The normalized spacial score (nSPS) is 15.6. The van der Waals surface area contributed by atoms with Gasteiger partial charge in [-0.25, -0.2) is 0 Å². The zero-order valence-electron chi connectivity index (χ0n) is 25.5. The number of carbonyl (C=O) groups excluding carboxylic acids is 1. The average Bonchev–Trinajstić information content (AvgIpc) is 2.90. The molecule has 0 aliphatic heterocycles. The number of carbonyl (C=O) groups is 3. The van der Waals surface area contributed by atoms with E-state index in [0.29, 0.717) is 25.8 Å². The minimum absolute atomic E-state index is 0.218. The maximum absolute atomic E-state index is 11.9. The highest BCUT2D eigenvalue weighted by Crippen LogP contribution is 2.25. The molecule has 3 unspecified atom stereocenters. The van der Waals surface area contributed by atoms with E-state index in [1.165, 1.54) is 57.8 Å². The number of nitrogens with zero attached hydrogens (tertiary/aromatic N) is 1. The molecule has 0 aromatic carbocycles. The first-order chi connectivity index (χ1) is 18.7. The smallest absolute Gasteiger partial charge is 0.312 e. The van der Waals surface area contributed by atoms with Gasteiger partial charge in [-0.2, -0.15) is 0 Å². The zero-order valence-corrected chi connectivity index (χ0v) is 25.5. The molecule has 0 aromatic heterocycles. The van der Waals surface area contributed by atoms with Crippen LogP contribution >= 0.6 is 0 Å². The molecule has 0 fully saturated rings. The van der Waals surface area contributed by atoms with Gasteiger partial charge in [0.1, 0.15) is 11.8 Å². The molecule has 0 heterocycles. The molecule has 0 saturated carbocycles. The number of carboxylic acids is 3. The van der Waals surface area contributed by atoms with Crippen molar-refractivity contribution >= 4 is 17.9 Å². The topological polar surface area (TPSA) is 115 Å². The number of carboxylic acid groups (broad SMARTS) is 3. The van der Waals surface area contributed by atoms with E-state index in [9.17, 15) is 29.7 Å². The standard InChI is InChI=1S/C32H59NO6/c1-5-9-10-11-12-13-14-15-16-17-18-19-20-21-22-23-33(24-27(6-2)30(34)35,25-28(7-3)31(36)37)26-29(8-4)32(38)39/h10-11,27-29H,5-9,12-26H2,1-4H3,(H2-,34,35,36,37,38,39)/b11-10+. The SMILES string of the molecule is CCC/C=C/CCCCCCCCCCCC[N+](CC(CC)C(=O)[O-])(CC(CC)C(=O)O)CC(CC)C(=O)O. The Labute approximate surface area is 238 Å². The number of aliphatic carboxylic acids is 3. The van der Waals surface area contributed by atoms with Crippen LogP contribution in [0.5, 0.6) is 0 Å². The third kappa shape index (κ3) is 17.4. The van der Waals surface area contributed by atoms with Gasteiger partial charge in [0.15, 0.2) is 0 Å². The summed E-state index contributed by atoms with van der Waals surface area (Å²) in [6.45, 7) is 8.98. The molecule has 0 aliphatic carbocycles. The molecule has 0 spiro atoms. The number of rotatable bonds is 27. The molecule has 0 amide bonds. The Kier molecular flexibility index (Phi) is 21.8. The third-order valence-corrected chi connectivity index (χ3v) is 8.21. The van der Waals surface area contributed by atoms with Crippen molar-refractivity contribution in [1.29, 1.82) is 0 Å². The molecule has 0 bridgehead atoms. The number of quaternary nitrogens is 1. The van der Waals surface area contributed by atoms with E-state index in [-0.39, 0.29) is 24.1 Å². The highest BCUT2D eigenvalue weighted by atomic mass is 16.4. The fourth-order valence-electron chi connectivity index (χ4n) is 5.56. The molecule has 3 atom stereocenters. The summed E-state index contributed by atoms with van der Waals surface area (Å²) in [5.74, 6) is -4.95.